The Morgan fingerprint density at radius 2 is 2.47 bits per heavy atom. The van der Waals surface area contributed by atoms with Crippen LogP contribution >= 0.6 is 0 Å². The summed E-state index contributed by atoms with van der Waals surface area (Å²) in [5, 5.41) is 15.2. The van der Waals surface area contributed by atoms with Gasteiger partial charge in [0.25, 0.3) is 0 Å². The minimum Gasteiger partial charge on any atom is -0.481 e. The zero-order chi connectivity index (χ0) is 10.7. The molecule has 0 radical (unpaired) electrons. The second-order valence-corrected chi connectivity index (χ2v) is 3.97. The predicted octanol–water partition coefficient (Wildman–Crippen LogP) is 0.974. The maximum Gasteiger partial charge on any atom is 0.303 e. The number of hydrogen-bond acceptors (Lipinski definition) is 3. The van der Waals surface area contributed by atoms with Gasteiger partial charge in [-0.1, -0.05) is 12.2 Å². The van der Waals surface area contributed by atoms with Crippen LogP contribution in [0.5, 0.6) is 0 Å². The maximum absolute atomic E-state index is 10.4. The average molecular weight is 208 g/mol. The Labute approximate surface area is 89.1 Å². The van der Waals surface area contributed by atoms with Crippen molar-refractivity contribution in [1.82, 2.24) is 10.6 Å². The van der Waals surface area contributed by atoms with Crippen LogP contribution in [-0.2, 0) is 4.79 Å². The highest BCUT2D eigenvalue weighted by molar-refractivity contribution is 5.66. The summed E-state index contributed by atoms with van der Waals surface area (Å²) in [6, 6.07) is 0.158. The third kappa shape index (κ3) is 2.52. The van der Waals surface area contributed by atoms with Crippen LogP contribution in [0.2, 0.25) is 0 Å². The molecule has 1 atom stereocenters. The summed E-state index contributed by atoms with van der Waals surface area (Å²) in [6.45, 7) is 1.01. The van der Waals surface area contributed by atoms with E-state index in [9.17, 15) is 4.79 Å². The van der Waals surface area contributed by atoms with Crippen molar-refractivity contribution in [2.75, 3.05) is 6.54 Å². The number of carboxylic acids is 1. The van der Waals surface area contributed by atoms with E-state index in [-0.39, 0.29) is 12.5 Å². The molecule has 2 heterocycles. The van der Waals surface area contributed by atoms with Crippen molar-refractivity contribution in [1.29, 1.82) is 0 Å². The molecular weight excluding hydrogens is 192 g/mol. The SMILES string of the molecule is O=C(O)CCC1C=CC2=C(NCCC2)N1. The first-order valence-corrected chi connectivity index (χ1v) is 5.39. The summed E-state index contributed by atoms with van der Waals surface area (Å²) in [6.07, 6.45) is 7.32. The third-order valence-corrected chi connectivity index (χ3v) is 2.77. The van der Waals surface area contributed by atoms with Gasteiger partial charge in [-0.25, -0.2) is 0 Å². The number of carbonyl (C=O) groups is 1. The lowest BCUT2D eigenvalue weighted by atomic mass is 10.00. The number of hydrogen-bond donors (Lipinski definition) is 3. The molecule has 0 aromatic rings. The molecule has 3 N–H and O–H groups in total. The number of aliphatic carboxylic acids is 1. The van der Waals surface area contributed by atoms with E-state index in [0.29, 0.717) is 6.42 Å². The molecule has 0 aromatic heterocycles. The Bertz CT molecular complexity index is 321. The van der Waals surface area contributed by atoms with E-state index < -0.39 is 5.97 Å². The van der Waals surface area contributed by atoms with Gasteiger partial charge in [0.1, 0.15) is 5.82 Å². The van der Waals surface area contributed by atoms with E-state index in [4.69, 9.17) is 5.11 Å². The van der Waals surface area contributed by atoms with Crippen molar-refractivity contribution >= 4 is 5.97 Å². The Kier molecular flexibility index (Phi) is 2.94. The molecule has 0 fully saturated rings. The number of nitrogens with one attached hydrogen (secondary N) is 2. The average Bonchev–Trinajstić information content (AvgIpc) is 2.26. The molecule has 0 aromatic carbocycles. The smallest absolute Gasteiger partial charge is 0.303 e. The van der Waals surface area contributed by atoms with Crippen LogP contribution in [0.1, 0.15) is 25.7 Å². The monoisotopic (exact) mass is 208 g/mol. The van der Waals surface area contributed by atoms with Crippen LogP contribution in [0.25, 0.3) is 0 Å². The van der Waals surface area contributed by atoms with Crippen molar-refractivity contribution in [2.24, 2.45) is 0 Å². The van der Waals surface area contributed by atoms with E-state index in [2.05, 4.69) is 22.8 Å². The van der Waals surface area contributed by atoms with Crippen molar-refractivity contribution in [3.8, 4) is 0 Å². The Hall–Kier alpha value is -1.45. The molecule has 82 valence electrons. The zero-order valence-corrected chi connectivity index (χ0v) is 8.62. The van der Waals surface area contributed by atoms with Gasteiger partial charge in [0.05, 0.1) is 0 Å². The fourth-order valence-electron chi connectivity index (χ4n) is 1.95. The summed E-state index contributed by atoms with van der Waals surface area (Å²) in [7, 11) is 0. The van der Waals surface area contributed by atoms with Crippen LogP contribution in [0, 0.1) is 0 Å². The van der Waals surface area contributed by atoms with Crippen molar-refractivity contribution in [3.63, 3.8) is 0 Å². The van der Waals surface area contributed by atoms with E-state index in [1.54, 1.807) is 0 Å². The molecule has 2 rings (SSSR count). The molecule has 1 unspecified atom stereocenters. The number of carboxylic acid groups (broad SMARTS) is 1. The highest BCUT2D eigenvalue weighted by atomic mass is 16.4. The molecule has 2 aliphatic heterocycles. The Morgan fingerprint density at radius 3 is 3.27 bits per heavy atom. The number of dihydropyridines is 1. The van der Waals surface area contributed by atoms with E-state index in [1.165, 1.54) is 12.0 Å². The van der Waals surface area contributed by atoms with Gasteiger partial charge in [0, 0.05) is 19.0 Å². The van der Waals surface area contributed by atoms with Gasteiger partial charge in [0.15, 0.2) is 0 Å². The summed E-state index contributed by atoms with van der Waals surface area (Å²) < 4.78 is 0. The van der Waals surface area contributed by atoms with Crippen molar-refractivity contribution in [2.45, 2.75) is 31.7 Å². The molecule has 0 aliphatic carbocycles. The van der Waals surface area contributed by atoms with Gasteiger partial charge in [-0.05, 0) is 24.8 Å². The summed E-state index contributed by atoms with van der Waals surface area (Å²) in [5.74, 6) is 0.362. The summed E-state index contributed by atoms with van der Waals surface area (Å²) in [4.78, 5) is 10.4. The van der Waals surface area contributed by atoms with Crippen LogP contribution in [0.4, 0.5) is 0 Å². The minimum atomic E-state index is -0.735. The first kappa shape index (κ1) is 10.1. The van der Waals surface area contributed by atoms with Crippen molar-refractivity contribution < 1.29 is 9.90 Å². The van der Waals surface area contributed by atoms with Crippen LogP contribution < -0.4 is 10.6 Å². The quantitative estimate of drug-likeness (QED) is 0.647. The molecule has 4 nitrogen and oxygen atoms in total. The molecule has 15 heavy (non-hydrogen) atoms. The van der Waals surface area contributed by atoms with Gasteiger partial charge in [-0.3, -0.25) is 4.79 Å². The van der Waals surface area contributed by atoms with E-state index in [0.717, 1.165) is 18.8 Å². The second kappa shape index (κ2) is 4.38. The molecule has 0 saturated heterocycles. The minimum absolute atomic E-state index is 0.158. The highest BCUT2D eigenvalue weighted by Gasteiger charge is 2.17. The third-order valence-electron chi connectivity index (χ3n) is 2.77. The molecule has 0 amide bonds. The normalized spacial score (nSPS) is 24.1. The van der Waals surface area contributed by atoms with E-state index >= 15 is 0 Å². The largest absolute Gasteiger partial charge is 0.481 e. The van der Waals surface area contributed by atoms with Gasteiger partial charge in [0.2, 0.25) is 0 Å². The molecule has 0 saturated carbocycles. The maximum atomic E-state index is 10.4. The predicted molar refractivity (Wildman–Crippen MR) is 57.2 cm³/mol. The fourth-order valence-corrected chi connectivity index (χ4v) is 1.95. The van der Waals surface area contributed by atoms with E-state index in [1.807, 2.05) is 0 Å². The van der Waals surface area contributed by atoms with Crippen LogP contribution in [0.15, 0.2) is 23.5 Å². The first-order valence-electron chi connectivity index (χ1n) is 5.39. The van der Waals surface area contributed by atoms with Gasteiger partial charge in [-0.15, -0.1) is 0 Å². The fraction of sp³-hybridized carbons (Fsp3) is 0.545. The molecule has 4 heteroatoms. The van der Waals surface area contributed by atoms with Gasteiger partial charge >= 0.3 is 5.97 Å². The van der Waals surface area contributed by atoms with Gasteiger partial charge in [-0.2, -0.15) is 0 Å². The topological polar surface area (TPSA) is 61.4 Å². The lowest BCUT2D eigenvalue weighted by Crippen LogP contribution is -2.39. The first-order chi connectivity index (χ1) is 7.25. The molecule has 0 spiro atoms. The summed E-state index contributed by atoms with van der Waals surface area (Å²) in [5.41, 5.74) is 1.31. The lowest BCUT2D eigenvalue weighted by molar-refractivity contribution is -0.137. The number of allylic oxidation sites excluding steroid dienone is 2. The van der Waals surface area contributed by atoms with Crippen molar-refractivity contribution in [3.05, 3.63) is 23.5 Å². The molecule has 2 aliphatic rings. The van der Waals surface area contributed by atoms with Crippen LogP contribution in [0.3, 0.4) is 0 Å². The number of rotatable bonds is 3. The Balaban J connectivity index is 1.91. The van der Waals surface area contributed by atoms with Crippen LogP contribution in [-0.4, -0.2) is 23.7 Å². The highest BCUT2D eigenvalue weighted by Crippen LogP contribution is 2.19. The standard InChI is InChI=1S/C11H16N2O2/c14-10(15)6-5-9-4-3-8-2-1-7-12-11(8)13-9/h3-4,9,12-13H,1-2,5-7H2,(H,14,15). The summed E-state index contributed by atoms with van der Waals surface area (Å²) >= 11 is 0. The Morgan fingerprint density at radius 1 is 1.60 bits per heavy atom. The lowest BCUT2D eigenvalue weighted by Gasteiger charge is -2.28. The molecule has 0 bridgehead atoms. The van der Waals surface area contributed by atoms with Gasteiger partial charge < -0.3 is 15.7 Å². The molecular formula is C11H16N2O2. The zero-order valence-electron chi connectivity index (χ0n) is 8.62. The second-order valence-electron chi connectivity index (χ2n) is 3.97.